The Morgan fingerprint density at radius 3 is 2.62 bits per heavy atom. The summed E-state index contributed by atoms with van der Waals surface area (Å²) in [5.74, 6) is -0.603. The number of nitro groups is 1. The summed E-state index contributed by atoms with van der Waals surface area (Å²) in [6, 6.07) is 2.28. The van der Waals surface area contributed by atoms with E-state index in [1.807, 2.05) is 13.8 Å². The maximum absolute atomic E-state index is 12.1. The van der Waals surface area contributed by atoms with Crippen LogP contribution in [-0.2, 0) is 9.53 Å². The van der Waals surface area contributed by atoms with Crippen LogP contribution in [0.15, 0.2) is 12.1 Å². The van der Waals surface area contributed by atoms with Gasteiger partial charge in [0.05, 0.1) is 11.0 Å². The van der Waals surface area contributed by atoms with Gasteiger partial charge in [-0.15, -0.1) is 0 Å². The number of amides is 1. The van der Waals surface area contributed by atoms with Crippen molar-refractivity contribution in [1.82, 2.24) is 5.32 Å². The highest BCUT2D eigenvalue weighted by molar-refractivity contribution is 5.96. The lowest BCUT2D eigenvalue weighted by molar-refractivity contribution is -0.385. The van der Waals surface area contributed by atoms with Crippen LogP contribution in [0.5, 0.6) is 11.5 Å². The molecule has 0 saturated heterocycles. The fourth-order valence-electron chi connectivity index (χ4n) is 2.01. The SMILES string of the molecule is CC(C)CCNC(=O)COC(=O)c1cc2c(cc1[N+](=O)[O-])OCO2. The van der Waals surface area contributed by atoms with Gasteiger partial charge in [-0.25, -0.2) is 4.79 Å². The second-order valence-corrected chi connectivity index (χ2v) is 5.59. The second-order valence-electron chi connectivity index (χ2n) is 5.59. The molecule has 1 heterocycles. The number of nitrogens with zero attached hydrogens (tertiary/aromatic N) is 1. The first-order chi connectivity index (χ1) is 11.4. The lowest BCUT2D eigenvalue weighted by atomic mass is 10.1. The van der Waals surface area contributed by atoms with Crippen LogP contribution in [0.2, 0.25) is 0 Å². The van der Waals surface area contributed by atoms with Crippen LogP contribution in [0.25, 0.3) is 0 Å². The monoisotopic (exact) mass is 338 g/mol. The quantitative estimate of drug-likeness (QED) is 0.456. The molecule has 0 bridgehead atoms. The van der Waals surface area contributed by atoms with Crippen LogP contribution in [0.1, 0.15) is 30.6 Å². The van der Waals surface area contributed by atoms with Crippen molar-refractivity contribution in [1.29, 1.82) is 0 Å². The zero-order chi connectivity index (χ0) is 17.7. The average Bonchev–Trinajstić information content (AvgIpc) is 2.98. The van der Waals surface area contributed by atoms with Crippen molar-refractivity contribution in [3.63, 3.8) is 0 Å². The molecule has 0 fully saturated rings. The molecule has 1 aromatic rings. The van der Waals surface area contributed by atoms with Gasteiger partial charge in [0, 0.05) is 12.6 Å². The summed E-state index contributed by atoms with van der Waals surface area (Å²) in [7, 11) is 0. The van der Waals surface area contributed by atoms with E-state index in [-0.39, 0.29) is 23.9 Å². The molecule has 1 aliphatic rings. The smallest absolute Gasteiger partial charge is 0.345 e. The Morgan fingerprint density at radius 1 is 1.33 bits per heavy atom. The molecule has 1 N–H and O–H groups in total. The molecular formula is C15H18N2O7. The lowest BCUT2D eigenvalue weighted by Crippen LogP contribution is -2.30. The lowest BCUT2D eigenvalue weighted by Gasteiger charge is -2.08. The summed E-state index contributed by atoms with van der Waals surface area (Å²) in [5.41, 5.74) is -0.760. The van der Waals surface area contributed by atoms with E-state index in [0.29, 0.717) is 12.5 Å². The molecule has 0 radical (unpaired) electrons. The maximum Gasteiger partial charge on any atom is 0.345 e. The van der Waals surface area contributed by atoms with E-state index in [0.717, 1.165) is 12.5 Å². The van der Waals surface area contributed by atoms with Gasteiger partial charge in [0.25, 0.3) is 11.6 Å². The molecule has 130 valence electrons. The third-order valence-electron chi connectivity index (χ3n) is 3.29. The molecule has 1 aromatic carbocycles. The highest BCUT2D eigenvalue weighted by Crippen LogP contribution is 2.38. The number of esters is 1. The normalized spacial score (nSPS) is 12.1. The summed E-state index contributed by atoms with van der Waals surface area (Å²) in [4.78, 5) is 34.0. The van der Waals surface area contributed by atoms with E-state index < -0.39 is 29.1 Å². The Balaban J connectivity index is 1.99. The second kappa shape index (κ2) is 7.62. The first-order valence-corrected chi connectivity index (χ1v) is 7.40. The van der Waals surface area contributed by atoms with Gasteiger partial charge in [0.2, 0.25) is 6.79 Å². The first kappa shape index (κ1) is 17.5. The van der Waals surface area contributed by atoms with Crippen molar-refractivity contribution in [3.8, 4) is 11.5 Å². The number of rotatable bonds is 7. The molecule has 9 nitrogen and oxygen atoms in total. The van der Waals surface area contributed by atoms with Crippen LogP contribution in [0.3, 0.4) is 0 Å². The average molecular weight is 338 g/mol. The minimum Gasteiger partial charge on any atom is -0.454 e. The van der Waals surface area contributed by atoms with Gasteiger partial charge >= 0.3 is 5.97 Å². The van der Waals surface area contributed by atoms with Crippen LogP contribution in [0, 0.1) is 16.0 Å². The Kier molecular flexibility index (Phi) is 5.56. The van der Waals surface area contributed by atoms with E-state index >= 15 is 0 Å². The maximum atomic E-state index is 12.1. The van der Waals surface area contributed by atoms with Gasteiger partial charge in [0.1, 0.15) is 5.56 Å². The number of carbonyl (C=O) groups is 2. The Bertz CT molecular complexity index is 657. The molecule has 0 aromatic heterocycles. The number of nitro benzene ring substituents is 1. The van der Waals surface area contributed by atoms with Crippen LogP contribution >= 0.6 is 0 Å². The van der Waals surface area contributed by atoms with Gasteiger partial charge in [-0.3, -0.25) is 14.9 Å². The number of fused-ring (bicyclic) bond motifs is 1. The summed E-state index contributed by atoms with van der Waals surface area (Å²) in [6.07, 6.45) is 0.799. The van der Waals surface area contributed by atoms with Crippen molar-refractivity contribution in [3.05, 3.63) is 27.8 Å². The minimum absolute atomic E-state index is 0.0801. The highest BCUT2D eigenvalue weighted by Gasteiger charge is 2.28. The largest absolute Gasteiger partial charge is 0.454 e. The third-order valence-corrected chi connectivity index (χ3v) is 3.29. The fraction of sp³-hybridized carbons (Fsp3) is 0.467. The van der Waals surface area contributed by atoms with Crippen molar-refractivity contribution < 1.29 is 28.7 Å². The third kappa shape index (κ3) is 4.34. The van der Waals surface area contributed by atoms with Gasteiger partial charge in [-0.1, -0.05) is 13.8 Å². The molecule has 9 heteroatoms. The van der Waals surface area contributed by atoms with Gasteiger partial charge in [-0.05, 0) is 12.3 Å². The van der Waals surface area contributed by atoms with Crippen LogP contribution in [0.4, 0.5) is 5.69 Å². The van der Waals surface area contributed by atoms with E-state index in [2.05, 4.69) is 5.32 Å². The van der Waals surface area contributed by atoms with Crippen molar-refractivity contribution in [2.75, 3.05) is 19.9 Å². The molecule has 0 unspecified atom stereocenters. The van der Waals surface area contributed by atoms with Crippen molar-refractivity contribution in [2.24, 2.45) is 5.92 Å². The van der Waals surface area contributed by atoms with Crippen LogP contribution in [-0.4, -0.2) is 36.7 Å². The van der Waals surface area contributed by atoms with Gasteiger partial charge in [-0.2, -0.15) is 0 Å². The molecule has 0 atom stereocenters. The summed E-state index contributed by atoms with van der Waals surface area (Å²) < 4.78 is 15.0. The fourth-order valence-corrected chi connectivity index (χ4v) is 2.01. The minimum atomic E-state index is -0.973. The number of hydrogen-bond donors (Lipinski definition) is 1. The highest BCUT2D eigenvalue weighted by atomic mass is 16.7. The molecule has 0 aliphatic carbocycles. The summed E-state index contributed by atoms with van der Waals surface area (Å²) in [5, 5.41) is 13.7. The van der Waals surface area contributed by atoms with E-state index in [1.165, 1.54) is 6.07 Å². The zero-order valence-corrected chi connectivity index (χ0v) is 13.4. The number of nitrogens with one attached hydrogen (secondary N) is 1. The van der Waals surface area contributed by atoms with Crippen LogP contribution < -0.4 is 14.8 Å². The predicted molar refractivity (Wildman–Crippen MR) is 82.0 cm³/mol. The van der Waals surface area contributed by atoms with Crippen molar-refractivity contribution >= 4 is 17.6 Å². The Labute approximate surface area is 138 Å². The van der Waals surface area contributed by atoms with Gasteiger partial charge < -0.3 is 19.5 Å². The molecule has 2 rings (SSSR count). The number of carbonyl (C=O) groups excluding carboxylic acids is 2. The topological polar surface area (TPSA) is 117 Å². The molecule has 1 amide bonds. The Hall–Kier alpha value is -2.84. The van der Waals surface area contributed by atoms with E-state index in [1.54, 1.807) is 0 Å². The summed E-state index contributed by atoms with van der Waals surface area (Å²) in [6.45, 7) is 3.92. The molecule has 1 aliphatic heterocycles. The van der Waals surface area contributed by atoms with Gasteiger partial charge in [0.15, 0.2) is 18.1 Å². The molecule has 0 spiro atoms. The number of ether oxygens (including phenoxy) is 3. The van der Waals surface area contributed by atoms with Crippen molar-refractivity contribution in [2.45, 2.75) is 20.3 Å². The molecule has 0 saturated carbocycles. The predicted octanol–water partition coefficient (Wildman–Crippen LogP) is 1.64. The molecular weight excluding hydrogens is 320 g/mol. The number of hydrogen-bond acceptors (Lipinski definition) is 7. The zero-order valence-electron chi connectivity index (χ0n) is 13.4. The van der Waals surface area contributed by atoms with E-state index in [4.69, 9.17) is 14.2 Å². The summed E-state index contributed by atoms with van der Waals surface area (Å²) >= 11 is 0. The Morgan fingerprint density at radius 2 is 2.00 bits per heavy atom. The molecule has 24 heavy (non-hydrogen) atoms. The number of benzene rings is 1. The van der Waals surface area contributed by atoms with E-state index in [9.17, 15) is 19.7 Å². The first-order valence-electron chi connectivity index (χ1n) is 7.40. The standard InChI is InChI=1S/C15H18N2O7/c1-9(2)3-4-16-14(18)7-22-15(19)10-5-12-13(24-8-23-12)6-11(10)17(20)21/h5-6,9H,3-4,7-8H2,1-2H3,(H,16,18).